The maximum Gasteiger partial charge on any atom is 0.0441 e. The molecule has 1 aromatic heterocycles. The van der Waals surface area contributed by atoms with E-state index in [-0.39, 0.29) is 0 Å². The van der Waals surface area contributed by atoms with Crippen molar-refractivity contribution in [2.24, 2.45) is 0 Å². The summed E-state index contributed by atoms with van der Waals surface area (Å²) < 4.78 is 0. The second-order valence-corrected chi connectivity index (χ2v) is 5.00. The average Bonchev–Trinajstić information content (AvgIpc) is 2.52. The first kappa shape index (κ1) is 6.32. The maximum atomic E-state index is 2.28. The molecule has 0 N–H and O–H groups in total. The summed E-state index contributed by atoms with van der Waals surface area (Å²) in [4.78, 5) is 3.19. The molecule has 2 aliphatic rings. The Morgan fingerprint density at radius 3 is 3.36 bits per heavy atom. The Morgan fingerprint density at radius 2 is 2.36 bits per heavy atom. The van der Waals surface area contributed by atoms with Crippen LogP contribution in [-0.2, 0) is 6.42 Å². The molecule has 0 saturated carbocycles. The number of rotatable bonds is 0. The zero-order valence-electron chi connectivity index (χ0n) is 6.09. The molecular formula is C9H8S2. The van der Waals surface area contributed by atoms with Gasteiger partial charge in [0, 0.05) is 15.5 Å². The van der Waals surface area contributed by atoms with Gasteiger partial charge in [-0.25, -0.2) is 0 Å². The number of fused-ring (bicyclic) bond motifs is 2. The van der Waals surface area contributed by atoms with Gasteiger partial charge in [0.05, 0.1) is 0 Å². The Labute approximate surface area is 74.3 Å². The van der Waals surface area contributed by atoms with Crippen LogP contribution in [0.1, 0.15) is 16.9 Å². The number of hydrogen-bond donors (Lipinski definition) is 0. The fraction of sp³-hybridized carbons (Fsp3) is 0.333. The molecule has 0 nitrogen and oxygen atoms in total. The molecule has 0 unspecified atom stereocenters. The molecule has 0 spiro atoms. The van der Waals surface area contributed by atoms with Crippen LogP contribution in [0.2, 0.25) is 0 Å². The van der Waals surface area contributed by atoms with Gasteiger partial charge in [-0.15, -0.1) is 23.1 Å². The predicted octanol–water partition coefficient (Wildman–Crippen LogP) is 3.15. The van der Waals surface area contributed by atoms with Gasteiger partial charge in [0.2, 0.25) is 0 Å². The topological polar surface area (TPSA) is 0 Å². The molecule has 3 rings (SSSR count). The van der Waals surface area contributed by atoms with Crippen molar-refractivity contribution < 1.29 is 0 Å². The average molecular weight is 180 g/mol. The van der Waals surface area contributed by atoms with Gasteiger partial charge in [0.15, 0.2) is 0 Å². The summed E-state index contributed by atoms with van der Waals surface area (Å²) in [5, 5.41) is 2.22. The minimum absolute atomic E-state index is 1.25. The minimum Gasteiger partial charge on any atom is -0.143 e. The van der Waals surface area contributed by atoms with E-state index in [2.05, 4.69) is 23.2 Å². The van der Waals surface area contributed by atoms with E-state index >= 15 is 0 Å². The Bertz CT molecular complexity index is 333. The fourth-order valence-corrected chi connectivity index (χ4v) is 4.22. The smallest absolute Gasteiger partial charge is 0.0441 e. The molecule has 2 heteroatoms. The zero-order valence-corrected chi connectivity index (χ0v) is 7.73. The lowest BCUT2D eigenvalue weighted by Crippen LogP contribution is -1.81. The summed E-state index contributed by atoms with van der Waals surface area (Å²) in [6.07, 6.45) is 2.59. The van der Waals surface area contributed by atoms with Crippen LogP contribution in [0.25, 0.3) is 4.91 Å². The summed E-state index contributed by atoms with van der Waals surface area (Å²) in [5.41, 5.74) is 3.28. The Kier molecular flexibility index (Phi) is 1.23. The molecule has 0 saturated heterocycles. The highest BCUT2D eigenvalue weighted by Crippen LogP contribution is 2.48. The fourth-order valence-electron chi connectivity index (χ4n) is 1.79. The lowest BCUT2D eigenvalue weighted by molar-refractivity contribution is 1.06. The molecule has 56 valence electrons. The molecule has 0 amide bonds. The largest absolute Gasteiger partial charge is 0.143 e. The van der Waals surface area contributed by atoms with Crippen LogP contribution in [0.5, 0.6) is 0 Å². The lowest BCUT2D eigenvalue weighted by atomic mass is 10.1. The van der Waals surface area contributed by atoms with Crippen LogP contribution < -0.4 is 0 Å². The third-order valence-electron chi connectivity index (χ3n) is 2.33. The summed E-state index contributed by atoms with van der Waals surface area (Å²) in [5.74, 6) is 1.32. The summed E-state index contributed by atoms with van der Waals surface area (Å²) >= 11 is 3.96. The molecule has 2 heterocycles. The van der Waals surface area contributed by atoms with Gasteiger partial charge in [-0.05, 0) is 35.4 Å². The van der Waals surface area contributed by atoms with Gasteiger partial charge in [0.1, 0.15) is 0 Å². The molecule has 1 aliphatic heterocycles. The van der Waals surface area contributed by atoms with Crippen molar-refractivity contribution >= 4 is 28.0 Å². The highest BCUT2D eigenvalue weighted by molar-refractivity contribution is 8.08. The van der Waals surface area contributed by atoms with Crippen molar-refractivity contribution in [3.63, 3.8) is 0 Å². The molecule has 1 aliphatic carbocycles. The van der Waals surface area contributed by atoms with E-state index in [9.17, 15) is 0 Å². The Hall–Kier alpha value is -0.210. The van der Waals surface area contributed by atoms with Gasteiger partial charge >= 0.3 is 0 Å². The van der Waals surface area contributed by atoms with E-state index in [1.807, 2.05) is 11.3 Å². The molecule has 0 atom stereocenters. The summed E-state index contributed by atoms with van der Waals surface area (Å²) in [6, 6.07) is 2.28. The van der Waals surface area contributed by atoms with Crippen molar-refractivity contribution in [2.45, 2.75) is 12.8 Å². The lowest BCUT2D eigenvalue weighted by Gasteiger charge is -1.93. The van der Waals surface area contributed by atoms with Crippen LogP contribution in [0, 0.1) is 0 Å². The molecule has 0 fully saturated rings. The highest BCUT2D eigenvalue weighted by Gasteiger charge is 2.26. The normalized spacial score (nSPS) is 20.7. The van der Waals surface area contributed by atoms with Crippen LogP contribution in [0.15, 0.2) is 17.0 Å². The molecule has 11 heavy (non-hydrogen) atoms. The first-order valence-corrected chi connectivity index (χ1v) is 5.73. The second kappa shape index (κ2) is 2.14. The molecular weight excluding hydrogens is 172 g/mol. The maximum absolute atomic E-state index is 2.28. The number of hydrogen-bond acceptors (Lipinski definition) is 2. The minimum atomic E-state index is 1.25. The monoisotopic (exact) mass is 180 g/mol. The van der Waals surface area contributed by atoms with E-state index in [0.29, 0.717) is 0 Å². The second-order valence-electron chi connectivity index (χ2n) is 2.98. The first-order valence-electron chi connectivity index (χ1n) is 3.87. The Balaban J connectivity index is 2.20. The van der Waals surface area contributed by atoms with Crippen LogP contribution in [0.4, 0.5) is 0 Å². The van der Waals surface area contributed by atoms with Crippen LogP contribution >= 0.6 is 23.1 Å². The number of thioether (sulfide) groups is 1. The molecule has 0 radical (unpaired) electrons. The Morgan fingerprint density at radius 1 is 1.36 bits per heavy atom. The van der Waals surface area contributed by atoms with Gasteiger partial charge in [-0.3, -0.25) is 0 Å². The van der Waals surface area contributed by atoms with E-state index in [1.54, 1.807) is 20.9 Å². The predicted molar refractivity (Wildman–Crippen MR) is 52.0 cm³/mol. The van der Waals surface area contributed by atoms with Gasteiger partial charge in [-0.1, -0.05) is 0 Å². The SMILES string of the molecule is c1cc2c(s1)C1=C(CCS1)C2. The van der Waals surface area contributed by atoms with Crippen LogP contribution in [-0.4, -0.2) is 5.75 Å². The van der Waals surface area contributed by atoms with Crippen molar-refractivity contribution in [3.05, 3.63) is 27.5 Å². The quantitative estimate of drug-likeness (QED) is 0.591. The third-order valence-corrected chi connectivity index (χ3v) is 4.62. The van der Waals surface area contributed by atoms with Crippen molar-refractivity contribution in [2.75, 3.05) is 5.75 Å². The first-order chi connectivity index (χ1) is 5.45. The zero-order chi connectivity index (χ0) is 7.26. The highest BCUT2D eigenvalue weighted by atomic mass is 32.2. The van der Waals surface area contributed by atoms with Gasteiger partial charge < -0.3 is 0 Å². The standard InChI is InChI=1S/C9H8S2/c1-3-10-8-6(1)5-7-2-4-11-9(7)8/h1,3H,2,4-5H2. The summed E-state index contributed by atoms with van der Waals surface area (Å²) in [7, 11) is 0. The van der Waals surface area contributed by atoms with E-state index in [1.165, 1.54) is 18.6 Å². The van der Waals surface area contributed by atoms with E-state index in [0.717, 1.165) is 0 Å². The van der Waals surface area contributed by atoms with Gasteiger partial charge in [-0.2, -0.15) is 0 Å². The molecule has 0 aromatic carbocycles. The van der Waals surface area contributed by atoms with Crippen molar-refractivity contribution in [3.8, 4) is 0 Å². The molecule has 1 aromatic rings. The van der Waals surface area contributed by atoms with Gasteiger partial charge in [0.25, 0.3) is 0 Å². The molecule has 0 bridgehead atoms. The van der Waals surface area contributed by atoms with Crippen LogP contribution in [0.3, 0.4) is 0 Å². The summed E-state index contributed by atoms with van der Waals surface area (Å²) in [6.45, 7) is 0. The van der Waals surface area contributed by atoms with E-state index < -0.39 is 0 Å². The van der Waals surface area contributed by atoms with Crippen molar-refractivity contribution in [1.82, 2.24) is 0 Å². The number of allylic oxidation sites excluding steroid dienone is 1. The van der Waals surface area contributed by atoms with E-state index in [4.69, 9.17) is 0 Å². The third kappa shape index (κ3) is 0.769. The number of thiophene rings is 1. The van der Waals surface area contributed by atoms with Crippen molar-refractivity contribution in [1.29, 1.82) is 0 Å².